The fourth-order valence-electron chi connectivity index (χ4n) is 3.76. The predicted molar refractivity (Wildman–Crippen MR) is 107 cm³/mol. The van der Waals surface area contributed by atoms with Gasteiger partial charge in [-0.15, -0.1) is 0 Å². The maximum atomic E-state index is 12.6. The first kappa shape index (κ1) is 18.5. The number of pyridine rings is 2. The molecule has 7 nitrogen and oxygen atoms in total. The van der Waals surface area contributed by atoms with Crippen LogP contribution >= 0.6 is 0 Å². The van der Waals surface area contributed by atoms with Gasteiger partial charge in [-0.3, -0.25) is 0 Å². The van der Waals surface area contributed by atoms with Gasteiger partial charge < -0.3 is 20.3 Å². The molecule has 0 spiro atoms. The summed E-state index contributed by atoms with van der Waals surface area (Å²) in [7, 11) is 1.60. The fourth-order valence-corrected chi connectivity index (χ4v) is 3.76. The molecule has 2 aliphatic rings. The Labute approximate surface area is 165 Å². The van der Waals surface area contributed by atoms with Crippen molar-refractivity contribution >= 4 is 11.8 Å². The third kappa shape index (κ3) is 4.52. The zero-order chi connectivity index (χ0) is 19.3. The van der Waals surface area contributed by atoms with Crippen molar-refractivity contribution < 1.29 is 9.53 Å². The highest BCUT2D eigenvalue weighted by Crippen LogP contribution is 2.41. The van der Waals surface area contributed by atoms with Crippen molar-refractivity contribution in [2.24, 2.45) is 5.92 Å². The molecule has 28 heavy (non-hydrogen) atoms. The van der Waals surface area contributed by atoms with Gasteiger partial charge in [0.2, 0.25) is 5.88 Å². The molecule has 2 fully saturated rings. The Hall–Kier alpha value is -2.83. The van der Waals surface area contributed by atoms with Crippen LogP contribution in [-0.2, 0) is 0 Å². The van der Waals surface area contributed by atoms with Gasteiger partial charge in [0.15, 0.2) is 0 Å². The van der Waals surface area contributed by atoms with Gasteiger partial charge in [0.25, 0.3) is 0 Å². The average molecular weight is 381 g/mol. The highest BCUT2D eigenvalue weighted by molar-refractivity contribution is 5.75. The summed E-state index contributed by atoms with van der Waals surface area (Å²) in [6.07, 6.45) is 7.73. The van der Waals surface area contributed by atoms with Crippen molar-refractivity contribution in [3.05, 3.63) is 48.3 Å². The maximum Gasteiger partial charge on any atom is 0.315 e. The largest absolute Gasteiger partial charge is 0.481 e. The summed E-state index contributed by atoms with van der Waals surface area (Å²) < 4.78 is 5.13. The van der Waals surface area contributed by atoms with E-state index >= 15 is 0 Å². The van der Waals surface area contributed by atoms with Crippen LogP contribution in [0.15, 0.2) is 42.7 Å². The molecule has 1 aliphatic carbocycles. The van der Waals surface area contributed by atoms with E-state index < -0.39 is 0 Å². The number of rotatable bonds is 6. The van der Waals surface area contributed by atoms with E-state index in [0.717, 1.165) is 50.2 Å². The zero-order valence-corrected chi connectivity index (χ0v) is 16.2. The molecule has 148 valence electrons. The molecule has 1 saturated heterocycles. The molecular formula is C21H27N5O2. The predicted octanol–water partition coefficient (Wildman–Crippen LogP) is 2.90. The zero-order valence-electron chi connectivity index (χ0n) is 16.2. The average Bonchev–Trinajstić information content (AvgIpc) is 3.59. The number of nitrogens with zero attached hydrogens (tertiary/aromatic N) is 3. The van der Waals surface area contributed by atoms with E-state index in [-0.39, 0.29) is 18.1 Å². The molecule has 2 aromatic heterocycles. The maximum absolute atomic E-state index is 12.6. The van der Waals surface area contributed by atoms with Gasteiger partial charge in [-0.1, -0.05) is 12.1 Å². The third-order valence-corrected chi connectivity index (χ3v) is 5.51. The van der Waals surface area contributed by atoms with E-state index in [1.165, 1.54) is 0 Å². The van der Waals surface area contributed by atoms with E-state index in [4.69, 9.17) is 4.74 Å². The van der Waals surface area contributed by atoms with Crippen molar-refractivity contribution in [1.82, 2.24) is 20.6 Å². The van der Waals surface area contributed by atoms with Gasteiger partial charge in [-0.2, -0.15) is 0 Å². The Balaban J connectivity index is 1.29. The summed E-state index contributed by atoms with van der Waals surface area (Å²) in [4.78, 5) is 23.6. The first-order valence-corrected chi connectivity index (χ1v) is 9.96. The van der Waals surface area contributed by atoms with Crippen molar-refractivity contribution in [2.45, 2.75) is 37.8 Å². The van der Waals surface area contributed by atoms with Gasteiger partial charge in [-0.25, -0.2) is 14.8 Å². The molecule has 2 amide bonds. The first-order chi connectivity index (χ1) is 13.7. The number of nitrogens with one attached hydrogen (secondary N) is 2. The Kier molecular flexibility index (Phi) is 5.60. The molecule has 4 rings (SSSR count). The number of hydrogen-bond acceptors (Lipinski definition) is 5. The Morgan fingerprint density at radius 1 is 1.14 bits per heavy atom. The minimum Gasteiger partial charge on any atom is -0.481 e. The SMILES string of the molecule is COc1ccc(C(NC(=O)NC2CCN(c3ccccn3)CC2)C2CC2)cn1. The lowest BCUT2D eigenvalue weighted by Gasteiger charge is -2.33. The van der Waals surface area contributed by atoms with E-state index in [1.807, 2.05) is 36.5 Å². The molecule has 1 atom stereocenters. The van der Waals surface area contributed by atoms with Gasteiger partial charge in [0, 0.05) is 37.6 Å². The van der Waals surface area contributed by atoms with Crippen LogP contribution in [0.2, 0.25) is 0 Å². The van der Waals surface area contributed by atoms with Crippen LogP contribution in [0.4, 0.5) is 10.6 Å². The molecule has 3 heterocycles. The highest BCUT2D eigenvalue weighted by atomic mass is 16.5. The smallest absolute Gasteiger partial charge is 0.315 e. The number of urea groups is 1. The second kappa shape index (κ2) is 8.46. The molecule has 2 N–H and O–H groups in total. The van der Waals surface area contributed by atoms with E-state index in [0.29, 0.717) is 11.8 Å². The molecule has 1 aliphatic heterocycles. The van der Waals surface area contributed by atoms with Crippen molar-refractivity contribution in [2.75, 3.05) is 25.1 Å². The van der Waals surface area contributed by atoms with Crippen LogP contribution in [-0.4, -0.2) is 42.2 Å². The standard InChI is InChI=1S/C21H27N5O2/c1-28-19-8-7-16(14-23-19)20(15-5-6-15)25-21(27)24-17-9-12-26(13-10-17)18-4-2-3-11-22-18/h2-4,7-8,11,14-15,17,20H,5-6,9-10,12-13H2,1H3,(H2,24,25,27). The summed E-state index contributed by atoms with van der Waals surface area (Å²) in [5.74, 6) is 2.08. The normalized spacial score (nSPS) is 18.4. The van der Waals surface area contributed by atoms with Crippen molar-refractivity contribution in [1.29, 1.82) is 0 Å². The van der Waals surface area contributed by atoms with Crippen LogP contribution in [0.1, 0.15) is 37.3 Å². The lowest BCUT2D eigenvalue weighted by molar-refractivity contribution is 0.229. The van der Waals surface area contributed by atoms with Crippen LogP contribution in [0.5, 0.6) is 5.88 Å². The molecule has 0 bridgehead atoms. The number of ether oxygens (including phenoxy) is 1. The first-order valence-electron chi connectivity index (χ1n) is 9.96. The molecule has 1 unspecified atom stereocenters. The van der Waals surface area contributed by atoms with Gasteiger partial charge >= 0.3 is 6.03 Å². The van der Waals surface area contributed by atoms with Gasteiger partial charge in [-0.05, 0) is 49.3 Å². The highest BCUT2D eigenvalue weighted by Gasteiger charge is 2.34. The van der Waals surface area contributed by atoms with Gasteiger partial charge in [0.05, 0.1) is 13.2 Å². The molecular weight excluding hydrogens is 354 g/mol. The molecule has 7 heteroatoms. The minimum atomic E-state index is -0.0935. The van der Waals surface area contributed by atoms with Crippen LogP contribution in [0.25, 0.3) is 0 Å². The number of aromatic nitrogens is 2. The Morgan fingerprint density at radius 3 is 2.57 bits per heavy atom. The summed E-state index contributed by atoms with van der Waals surface area (Å²) in [6.45, 7) is 1.80. The van der Waals surface area contributed by atoms with Crippen LogP contribution in [0.3, 0.4) is 0 Å². The second-order valence-electron chi connectivity index (χ2n) is 7.52. The Morgan fingerprint density at radius 2 is 1.96 bits per heavy atom. The number of piperidine rings is 1. The summed E-state index contributed by atoms with van der Waals surface area (Å²) >= 11 is 0. The van der Waals surface area contributed by atoms with E-state index in [9.17, 15) is 4.79 Å². The lowest BCUT2D eigenvalue weighted by atomic mass is 10.0. The van der Waals surface area contributed by atoms with Crippen molar-refractivity contribution in [3.8, 4) is 5.88 Å². The molecule has 0 radical (unpaired) electrons. The van der Waals surface area contributed by atoms with Gasteiger partial charge in [0.1, 0.15) is 5.82 Å². The topological polar surface area (TPSA) is 79.4 Å². The number of methoxy groups -OCH3 is 1. The van der Waals surface area contributed by atoms with E-state index in [2.05, 4.69) is 25.5 Å². The number of amides is 2. The summed E-state index contributed by atoms with van der Waals surface area (Å²) in [5.41, 5.74) is 1.03. The fraction of sp³-hybridized carbons (Fsp3) is 0.476. The Bertz CT molecular complexity index is 771. The quantitative estimate of drug-likeness (QED) is 0.804. The second-order valence-corrected chi connectivity index (χ2v) is 7.52. The molecule has 1 saturated carbocycles. The monoisotopic (exact) mass is 381 g/mol. The molecule has 0 aromatic carbocycles. The van der Waals surface area contributed by atoms with Crippen molar-refractivity contribution in [3.63, 3.8) is 0 Å². The minimum absolute atomic E-state index is 0.00649. The van der Waals surface area contributed by atoms with E-state index in [1.54, 1.807) is 13.3 Å². The van der Waals surface area contributed by atoms with Crippen LogP contribution in [0, 0.1) is 5.92 Å². The third-order valence-electron chi connectivity index (χ3n) is 5.51. The number of carbonyl (C=O) groups excluding carboxylic acids is 1. The number of anilines is 1. The summed E-state index contributed by atoms with van der Waals surface area (Å²) in [5, 5.41) is 6.32. The summed E-state index contributed by atoms with van der Waals surface area (Å²) in [6, 6.07) is 9.90. The number of hydrogen-bond donors (Lipinski definition) is 2. The lowest BCUT2D eigenvalue weighted by Crippen LogP contribution is -2.49. The number of carbonyl (C=O) groups is 1. The van der Waals surface area contributed by atoms with Crippen LogP contribution < -0.4 is 20.3 Å². The molecule has 2 aromatic rings.